The molecule has 4 heteroatoms. The first kappa shape index (κ1) is 18.1. The topological polar surface area (TPSA) is 47.6 Å². The van der Waals surface area contributed by atoms with Crippen molar-refractivity contribution in [2.45, 2.75) is 26.1 Å². The molecule has 1 aliphatic heterocycles. The molecular formula is C24H23NO3. The highest BCUT2D eigenvalue weighted by Gasteiger charge is 2.26. The van der Waals surface area contributed by atoms with Crippen LogP contribution >= 0.6 is 0 Å². The van der Waals surface area contributed by atoms with Crippen LogP contribution in [0.5, 0.6) is 5.75 Å². The van der Waals surface area contributed by atoms with E-state index in [1.165, 1.54) is 16.7 Å². The van der Waals surface area contributed by atoms with Crippen LogP contribution in [0.1, 0.15) is 16.7 Å². The van der Waals surface area contributed by atoms with Gasteiger partial charge in [0.2, 0.25) is 0 Å². The third-order valence-corrected chi connectivity index (χ3v) is 4.95. The number of amides is 1. The second-order valence-corrected chi connectivity index (χ2v) is 7.00. The Kier molecular flexibility index (Phi) is 5.29. The first-order chi connectivity index (χ1) is 13.7. The van der Waals surface area contributed by atoms with Gasteiger partial charge in [-0.1, -0.05) is 72.8 Å². The van der Waals surface area contributed by atoms with Gasteiger partial charge in [0, 0.05) is 12.0 Å². The van der Waals surface area contributed by atoms with Gasteiger partial charge in [-0.3, -0.25) is 0 Å². The number of carbonyl (C=O) groups is 1. The van der Waals surface area contributed by atoms with Crippen LogP contribution in [-0.4, -0.2) is 18.7 Å². The molecule has 0 spiro atoms. The average Bonchev–Trinajstić information content (AvgIpc) is 3.15. The van der Waals surface area contributed by atoms with Gasteiger partial charge in [0.05, 0.1) is 6.54 Å². The van der Waals surface area contributed by atoms with Crippen LogP contribution in [-0.2, 0) is 17.8 Å². The Morgan fingerprint density at radius 3 is 2.57 bits per heavy atom. The maximum atomic E-state index is 12.0. The van der Waals surface area contributed by atoms with Crippen molar-refractivity contribution in [1.82, 2.24) is 5.32 Å². The van der Waals surface area contributed by atoms with E-state index in [-0.39, 0.29) is 12.7 Å². The van der Waals surface area contributed by atoms with Crippen molar-refractivity contribution in [2.75, 3.05) is 6.54 Å². The Morgan fingerprint density at radius 1 is 1.00 bits per heavy atom. The molecule has 1 unspecified atom stereocenters. The minimum Gasteiger partial charge on any atom is -0.487 e. The highest BCUT2D eigenvalue weighted by Crippen LogP contribution is 2.39. The maximum absolute atomic E-state index is 12.0. The highest BCUT2D eigenvalue weighted by molar-refractivity contribution is 5.75. The van der Waals surface area contributed by atoms with Crippen molar-refractivity contribution < 1.29 is 14.3 Å². The summed E-state index contributed by atoms with van der Waals surface area (Å²) in [5.41, 5.74) is 5.63. The summed E-state index contributed by atoms with van der Waals surface area (Å²) in [5.74, 6) is 0.918. The standard InChI is InChI=1S/C24H23NO3/c1-17-8-5-6-12-21(17)22-13-7-11-19-14-20(28-23(19)22)15-25-24(26)27-16-18-9-3-2-4-10-18/h2-13,20H,14-16H2,1H3,(H,25,26). The summed E-state index contributed by atoms with van der Waals surface area (Å²) in [6.45, 7) is 2.77. The molecule has 142 valence electrons. The van der Waals surface area contributed by atoms with Gasteiger partial charge >= 0.3 is 6.09 Å². The van der Waals surface area contributed by atoms with E-state index < -0.39 is 6.09 Å². The van der Waals surface area contributed by atoms with Gasteiger partial charge in [-0.2, -0.15) is 0 Å². The molecule has 0 bridgehead atoms. The molecule has 4 rings (SSSR count). The lowest BCUT2D eigenvalue weighted by Crippen LogP contribution is -2.34. The Bertz CT molecular complexity index is 969. The van der Waals surface area contributed by atoms with Crippen LogP contribution in [0.2, 0.25) is 0 Å². The van der Waals surface area contributed by atoms with E-state index in [0.717, 1.165) is 23.3 Å². The monoisotopic (exact) mass is 373 g/mol. The molecule has 0 saturated heterocycles. The number of hydrogen-bond acceptors (Lipinski definition) is 3. The molecule has 0 radical (unpaired) electrons. The Morgan fingerprint density at radius 2 is 1.75 bits per heavy atom. The second-order valence-electron chi connectivity index (χ2n) is 7.00. The molecule has 0 fully saturated rings. The third-order valence-electron chi connectivity index (χ3n) is 4.95. The van der Waals surface area contributed by atoms with Crippen molar-refractivity contribution in [3.63, 3.8) is 0 Å². The Hall–Kier alpha value is -3.27. The van der Waals surface area contributed by atoms with Crippen molar-refractivity contribution in [3.05, 3.63) is 89.5 Å². The molecule has 4 nitrogen and oxygen atoms in total. The minimum absolute atomic E-state index is 0.0931. The summed E-state index contributed by atoms with van der Waals surface area (Å²) >= 11 is 0. The minimum atomic E-state index is -0.428. The van der Waals surface area contributed by atoms with Crippen LogP contribution in [0.25, 0.3) is 11.1 Å². The fourth-order valence-corrected chi connectivity index (χ4v) is 3.51. The van der Waals surface area contributed by atoms with Crippen molar-refractivity contribution in [1.29, 1.82) is 0 Å². The van der Waals surface area contributed by atoms with E-state index in [0.29, 0.717) is 6.54 Å². The van der Waals surface area contributed by atoms with Crippen LogP contribution < -0.4 is 10.1 Å². The summed E-state index contributed by atoms with van der Waals surface area (Å²) < 4.78 is 11.5. The number of ether oxygens (including phenoxy) is 2. The lowest BCUT2D eigenvalue weighted by Gasteiger charge is -2.14. The molecule has 0 aliphatic carbocycles. The summed E-state index contributed by atoms with van der Waals surface area (Å²) in [4.78, 5) is 12.0. The molecule has 1 N–H and O–H groups in total. The molecule has 3 aromatic rings. The Balaban J connectivity index is 1.36. The number of nitrogens with one attached hydrogen (secondary N) is 1. The number of alkyl carbamates (subject to hydrolysis) is 1. The molecule has 1 amide bonds. The van der Waals surface area contributed by atoms with Crippen LogP contribution in [0, 0.1) is 6.92 Å². The molecule has 3 aromatic carbocycles. The van der Waals surface area contributed by atoms with Gasteiger partial charge in [-0.15, -0.1) is 0 Å². The van der Waals surface area contributed by atoms with E-state index in [4.69, 9.17) is 9.47 Å². The fourth-order valence-electron chi connectivity index (χ4n) is 3.51. The number of carbonyl (C=O) groups excluding carboxylic acids is 1. The molecule has 1 aliphatic rings. The van der Waals surface area contributed by atoms with Crippen molar-refractivity contribution in [2.24, 2.45) is 0 Å². The summed E-state index contributed by atoms with van der Waals surface area (Å²) in [6, 6.07) is 24.2. The summed E-state index contributed by atoms with van der Waals surface area (Å²) in [5, 5.41) is 2.81. The smallest absolute Gasteiger partial charge is 0.407 e. The lowest BCUT2D eigenvalue weighted by molar-refractivity contribution is 0.133. The average molecular weight is 373 g/mol. The van der Waals surface area contributed by atoms with Crippen LogP contribution in [0.4, 0.5) is 4.79 Å². The largest absolute Gasteiger partial charge is 0.487 e. The Labute approximate surface area is 165 Å². The fraction of sp³-hybridized carbons (Fsp3) is 0.208. The normalized spacial score (nSPS) is 14.8. The van der Waals surface area contributed by atoms with E-state index in [2.05, 4.69) is 42.6 Å². The number of para-hydroxylation sites is 1. The van der Waals surface area contributed by atoms with E-state index in [9.17, 15) is 4.79 Å². The zero-order valence-electron chi connectivity index (χ0n) is 15.9. The number of benzene rings is 3. The molecule has 0 aromatic heterocycles. The van der Waals surface area contributed by atoms with E-state index in [1.807, 2.05) is 42.5 Å². The summed E-state index contributed by atoms with van der Waals surface area (Å²) in [6.07, 6.45) is 0.251. The SMILES string of the molecule is Cc1ccccc1-c1cccc2c1OC(CNC(=O)OCc1ccccc1)C2. The predicted octanol–water partition coefficient (Wildman–Crippen LogP) is 4.89. The first-order valence-electron chi connectivity index (χ1n) is 9.50. The number of aryl methyl sites for hydroxylation is 1. The number of rotatable bonds is 5. The van der Waals surface area contributed by atoms with Crippen molar-refractivity contribution >= 4 is 6.09 Å². The van der Waals surface area contributed by atoms with Gasteiger partial charge < -0.3 is 14.8 Å². The zero-order chi connectivity index (χ0) is 19.3. The predicted molar refractivity (Wildman–Crippen MR) is 109 cm³/mol. The third kappa shape index (κ3) is 4.01. The quantitative estimate of drug-likeness (QED) is 0.692. The highest BCUT2D eigenvalue weighted by atomic mass is 16.5. The van der Waals surface area contributed by atoms with Crippen LogP contribution in [0.3, 0.4) is 0 Å². The van der Waals surface area contributed by atoms with Gasteiger partial charge in [0.25, 0.3) is 0 Å². The zero-order valence-corrected chi connectivity index (χ0v) is 15.9. The van der Waals surface area contributed by atoms with Crippen molar-refractivity contribution in [3.8, 4) is 16.9 Å². The molecule has 28 heavy (non-hydrogen) atoms. The molecule has 1 heterocycles. The summed E-state index contributed by atoms with van der Waals surface area (Å²) in [7, 11) is 0. The van der Waals surface area contributed by atoms with E-state index in [1.54, 1.807) is 0 Å². The van der Waals surface area contributed by atoms with Gasteiger partial charge in [0.15, 0.2) is 0 Å². The second kappa shape index (κ2) is 8.17. The van der Waals surface area contributed by atoms with Gasteiger partial charge in [-0.05, 0) is 29.2 Å². The lowest BCUT2D eigenvalue weighted by atomic mass is 9.97. The van der Waals surface area contributed by atoms with Gasteiger partial charge in [-0.25, -0.2) is 4.79 Å². The first-order valence-corrected chi connectivity index (χ1v) is 9.50. The van der Waals surface area contributed by atoms with Gasteiger partial charge in [0.1, 0.15) is 18.5 Å². The molecule has 1 atom stereocenters. The molecular weight excluding hydrogens is 350 g/mol. The maximum Gasteiger partial charge on any atom is 0.407 e. The molecule has 0 saturated carbocycles. The number of hydrogen-bond donors (Lipinski definition) is 1. The van der Waals surface area contributed by atoms with Crippen LogP contribution in [0.15, 0.2) is 72.8 Å². The van der Waals surface area contributed by atoms with E-state index >= 15 is 0 Å². The number of fused-ring (bicyclic) bond motifs is 1.